The Balaban J connectivity index is 1.84. The quantitative estimate of drug-likeness (QED) is 0.498. The highest BCUT2D eigenvalue weighted by molar-refractivity contribution is 6.30. The van der Waals surface area contributed by atoms with Gasteiger partial charge < -0.3 is 15.5 Å². The number of rotatable bonds is 5. The summed E-state index contributed by atoms with van der Waals surface area (Å²) < 4.78 is 12.1. The fourth-order valence-electron chi connectivity index (χ4n) is 2.45. The molecule has 1 fully saturated rings. The van der Waals surface area contributed by atoms with Crippen LogP contribution in [-0.4, -0.2) is 45.4 Å². The highest BCUT2D eigenvalue weighted by atomic mass is 35.5. The minimum Gasteiger partial charge on any atom is -0.369 e. The van der Waals surface area contributed by atoms with Crippen LogP contribution in [0, 0.1) is 0 Å². The Morgan fingerprint density at radius 3 is 3.10 bits per heavy atom. The number of halogens is 2. The van der Waals surface area contributed by atoms with Gasteiger partial charge in [-0.1, -0.05) is 17.7 Å². The van der Waals surface area contributed by atoms with Gasteiger partial charge in [0.25, 0.3) is 0 Å². The molecule has 0 aliphatic carbocycles. The first-order valence-corrected chi connectivity index (χ1v) is 7.64. The Hall–Kier alpha value is -1.49. The molecular weight excluding hydrogens is 291 g/mol. The van der Waals surface area contributed by atoms with Crippen LogP contribution < -0.4 is 15.5 Å². The average molecular weight is 313 g/mol. The van der Waals surface area contributed by atoms with Crippen molar-refractivity contribution < 1.29 is 4.39 Å². The van der Waals surface area contributed by atoms with Crippen LogP contribution in [0.25, 0.3) is 0 Å². The van der Waals surface area contributed by atoms with Gasteiger partial charge in [-0.25, -0.2) is 0 Å². The molecule has 0 aromatic heterocycles. The molecule has 2 N–H and O–H groups in total. The third-order valence-corrected chi connectivity index (χ3v) is 3.76. The minimum atomic E-state index is -0.310. The van der Waals surface area contributed by atoms with E-state index in [-0.39, 0.29) is 6.67 Å². The van der Waals surface area contributed by atoms with Gasteiger partial charge >= 0.3 is 0 Å². The summed E-state index contributed by atoms with van der Waals surface area (Å²) in [7, 11) is 1.73. The second-order valence-electron chi connectivity index (χ2n) is 5.10. The maximum absolute atomic E-state index is 12.1. The summed E-state index contributed by atoms with van der Waals surface area (Å²) in [5.74, 6) is 0.737. The number of benzene rings is 1. The first-order chi connectivity index (χ1) is 10.2. The summed E-state index contributed by atoms with van der Waals surface area (Å²) >= 11 is 6.04. The Morgan fingerprint density at radius 1 is 1.52 bits per heavy atom. The summed E-state index contributed by atoms with van der Waals surface area (Å²) in [5, 5.41) is 7.26. The lowest BCUT2D eigenvalue weighted by Crippen LogP contribution is -2.44. The van der Waals surface area contributed by atoms with Crippen LogP contribution in [0.2, 0.25) is 5.02 Å². The van der Waals surface area contributed by atoms with Crippen molar-refractivity contribution in [1.29, 1.82) is 0 Å². The second-order valence-corrected chi connectivity index (χ2v) is 5.53. The summed E-state index contributed by atoms with van der Waals surface area (Å²) in [6.07, 6.45) is 1.54. The van der Waals surface area contributed by atoms with E-state index in [1.807, 2.05) is 18.2 Å². The first kappa shape index (κ1) is 15.9. The van der Waals surface area contributed by atoms with Gasteiger partial charge in [-0.2, -0.15) is 0 Å². The van der Waals surface area contributed by atoms with Crippen molar-refractivity contribution in [2.45, 2.75) is 18.9 Å². The maximum atomic E-state index is 12.1. The lowest BCUT2D eigenvalue weighted by molar-refractivity contribution is 0.470. The van der Waals surface area contributed by atoms with E-state index in [9.17, 15) is 4.39 Å². The number of alkyl halides is 1. The number of hydrogen-bond donors (Lipinski definition) is 2. The molecule has 1 heterocycles. The molecular formula is C15H22ClFN4. The van der Waals surface area contributed by atoms with Gasteiger partial charge in [0, 0.05) is 43.4 Å². The zero-order valence-electron chi connectivity index (χ0n) is 12.3. The first-order valence-electron chi connectivity index (χ1n) is 7.26. The molecule has 1 aromatic carbocycles. The zero-order chi connectivity index (χ0) is 15.1. The summed E-state index contributed by atoms with van der Waals surface area (Å²) in [5.41, 5.74) is 1.15. The Kier molecular flexibility index (Phi) is 6.11. The fraction of sp³-hybridized carbons (Fsp3) is 0.533. The van der Waals surface area contributed by atoms with Crippen molar-refractivity contribution in [3.8, 4) is 0 Å². The average Bonchev–Trinajstić information content (AvgIpc) is 2.95. The van der Waals surface area contributed by atoms with Gasteiger partial charge in [0.15, 0.2) is 5.96 Å². The van der Waals surface area contributed by atoms with Gasteiger partial charge in [0.1, 0.15) is 0 Å². The molecule has 0 radical (unpaired) electrons. The SMILES string of the molecule is CN=C(NCCCF)NC1CCN(c2cccc(Cl)c2)C1. The van der Waals surface area contributed by atoms with Crippen LogP contribution in [-0.2, 0) is 0 Å². The van der Waals surface area contributed by atoms with Crippen molar-refractivity contribution in [2.24, 2.45) is 4.99 Å². The zero-order valence-corrected chi connectivity index (χ0v) is 13.0. The molecule has 1 aliphatic rings. The third kappa shape index (κ3) is 4.77. The molecule has 0 amide bonds. The van der Waals surface area contributed by atoms with Crippen LogP contribution in [0.1, 0.15) is 12.8 Å². The number of nitrogens with zero attached hydrogens (tertiary/aromatic N) is 2. The molecule has 21 heavy (non-hydrogen) atoms. The van der Waals surface area contributed by atoms with E-state index >= 15 is 0 Å². The van der Waals surface area contributed by atoms with Gasteiger partial charge in [0.05, 0.1) is 6.67 Å². The summed E-state index contributed by atoms with van der Waals surface area (Å²) in [4.78, 5) is 6.47. The topological polar surface area (TPSA) is 39.7 Å². The smallest absolute Gasteiger partial charge is 0.191 e. The van der Waals surface area contributed by atoms with Crippen molar-refractivity contribution in [3.63, 3.8) is 0 Å². The van der Waals surface area contributed by atoms with E-state index in [2.05, 4.69) is 26.6 Å². The Labute approximate surface area is 130 Å². The number of guanidine groups is 1. The molecule has 0 spiro atoms. The van der Waals surface area contributed by atoms with E-state index in [0.717, 1.165) is 36.2 Å². The molecule has 2 rings (SSSR count). The molecule has 6 heteroatoms. The molecule has 1 aromatic rings. The number of nitrogens with one attached hydrogen (secondary N) is 2. The second kappa shape index (κ2) is 8.08. The van der Waals surface area contributed by atoms with Crippen molar-refractivity contribution in [1.82, 2.24) is 10.6 Å². The summed E-state index contributed by atoms with van der Waals surface area (Å²) in [6.45, 7) is 2.18. The van der Waals surface area contributed by atoms with Crippen molar-refractivity contribution >= 4 is 23.2 Å². The monoisotopic (exact) mass is 312 g/mol. The van der Waals surface area contributed by atoms with Crippen LogP contribution in [0.4, 0.5) is 10.1 Å². The van der Waals surface area contributed by atoms with E-state index in [0.29, 0.717) is 19.0 Å². The van der Waals surface area contributed by atoms with Crippen LogP contribution in [0.5, 0.6) is 0 Å². The standard InChI is InChI=1S/C15H22ClFN4/c1-18-15(19-8-3-7-17)20-13-6-9-21(11-13)14-5-2-4-12(16)10-14/h2,4-5,10,13H,3,6-9,11H2,1H3,(H2,18,19,20). The number of hydrogen-bond acceptors (Lipinski definition) is 2. The van der Waals surface area contributed by atoms with Gasteiger partial charge in [-0.05, 0) is 31.0 Å². The Bertz CT molecular complexity index is 480. The molecule has 4 nitrogen and oxygen atoms in total. The molecule has 1 saturated heterocycles. The van der Waals surface area contributed by atoms with Gasteiger partial charge in [-0.15, -0.1) is 0 Å². The molecule has 1 aliphatic heterocycles. The highest BCUT2D eigenvalue weighted by Crippen LogP contribution is 2.23. The van der Waals surface area contributed by atoms with Gasteiger partial charge in [0.2, 0.25) is 0 Å². The van der Waals surface area contributed by atoms with Crippen molar-refractivity contribution in [3.05, 3.63) is 29.3 Å². The van der Waals surface area contributed by atoms with Crippen molar-refractivity contribution in [2.75, 3.05) is 38.3 Å². The Morgan fingerprint density at radius 2 is 2.38 bits per heavy atom. The van der Waals surface area contributed by atoms with E-state index in [1.165, 1.54) is 0 Å². The third-order valence-electron chi connectivity index (χ3n) is 3.53. The van der Waals surface area contributed by atoms with Gasteiger partial charge in [-0.3, -0.25) is 9.38 Å². The summed E-state index contributed by atoms with van der Waals surface area (Å²) in [6, 6.07) is 8.24. The molecule has 116 valence electrons. The number of anilines is 1. The maximum Gasteiger partial charge on any atom is 0.191 e. The number of aliphatic imine (C=N–C) groups is 1. The van der Waals surface area contributed by atoms with Crippen LogP contribution in [0.3, 0.4) is 0 Å². The molecule has 1 atom stereocenters. The van der Waals surface area contributed by atoms with Crippen LogP contribution in [0.15, 0.2) is 29.3 Å². The highest BCUT2D eigenvalue weighted by Gasteiger charge is 2.23. The lowest BCUT2D eigenvalue weighted by Gasteiger charge is -2.20. The molecule has 0 saturated carbocycles. The predicted octanol–water partition coefficient (Wildman–Crippen LogP) is 2.44. The fourth-order valence-corrected chi connectivity index (χ4v) is 2.63. The van der Waals surface area contributed by atoms with E-state index in [1.54, 1.807) is 7.05 Å². The normalized spacial score (nSPS) is 18.9. The molecule has 0 bridgehead atoms. The van der Waals surface area contributed by atoms with E-state index < -0.39 is 0 Å². The molecule has 1 unspecified atom stereocenters. The lowest BCUT2D eigenvalue weighted by atomic mass is 10.2. The van der Waals surface area contributed by atoms with Crippen LogP contribution >= 0.6 is 11.6 Å². The predicted molar refractivity (Wildman–Crippen MR) is 87.2 cm³/mol. The minimum absolute atomic E-state index is 0.310. The van der Waals surface area contributed by atoms with E-state index in [4.69, 9.17) is 11.6 Å². The largest absolute Gasteiger partial charge is 0.369 e.